The monoisotopic (exact) mass is 314 g/mol. The SMILES string of the molecule is CN(C1CCCC1CN)S(=O)(=O)c1cc(C(N)=O)n(C)c1. The molecule has 0 radical (unpaired) electrons. The molecule has 1 aliphatic carbocycles. The van der Waals surface area contributed by atoms with E-state index in [1.807, 2.05) is 0 Å². The Hall–Kier alpha value is -1.38. The molecule has 0 bridgehead atoms. The van der Waals surface area contributed by atoms with E-state index >= 15 is 0 Å². The van der Waals surface area contributed by atoms with Crippen molar-refractivity contribution >= 4 is 15.9 Å². The minimum Gasteiger partial charge on any atom is -0.364 e. The van der Waals surface area contributed by atoms with Gasteiger partial charge in [-0.2, -0.15) is 4.31 Å². The van der Waals surface area contributed by atoms with Crippen molar-refractivity contribution in [1.82, 2.24) is 8.87 Å². The molecular weight excluding hydrogens is 292 g/mol. The van der Waals surface area contributed by atoms with Gasteiger partial charge >= 0.3 is 0 Å². The zero-order valence-electron chi connectivity index (χ0n) is 12.3. The Morgan fingerprint density at radius 2 is 2.14 bits per heavy atom. The molecule has 0 aliphatic heterocycles. The molecule has 1 amide bonds. The van der Waals surface area contributed by atoms with Gasteiger partial charge in [0.25, 0.3) is 5.91 Å². The zero-order valence-corrected chi connectivity index (χ0v) is 13.1. The highest BCUT2D eigenvalue weighted by Crippen LogP contribution is 2.32. The van der Waals surface area contributed by atoms with E-state index in [1.165, 1.54) is 21.1 Å². The number of nitrogens with two attached hydrogens (primary N) is 2. The molecule has 0 spiro atoms. The number of sulfonamides is 1. The van der Waals surface area contributed by atoms with E-state index in [1.54, 1.807) is 14.1 Å². The molecular formula is C13H22N4O3S. The van der Waals surface area contributed by atoms with Crippen LogP contribution in [0, 0.1) is 5.92 Å². The third-order valence-electron chi connectivity index (χ3n) is 4.30. The molecule has 1 aliphatic rings. The lowest BCUT2D eigenvalue weighted by molar-refractivity contribution is 0.0992. The van der Waals surface area contributed by atoms with Gasteiger partial charge in [-0.3, -0.25) is 4.79 Å². The fourth-order valence-electron chi connectivity index (χ4n) is 3.04. The highest BCUT2D eigenvalue weighted by atomic mass is 32.2. The third kappa shape index (κ3) is 2.83. The van der Waals surface area contributed by atoms with Crippen LogP contribution in [0.15, 0.2) is 17.2 Å². The van der Waals surface area contributed by atoms with Crippen molar-refractivity contribution in [2.45, 2.75) is 30.2 Å². The second kappa shape index (κ2) is 5.78. The van der Waals surface area contributed by atoms with Crippen molar-refractivity contribution in [3.8, 4) is 0 Å². The Kier molecular flexibility index (Phi) is 4.40. The van der Waals surface area contributed by atoms with Crippen LogP contribution in [0.2, 0.25) is 0 Å². The molecule has 1 saturated carbocycles. The number of amides is 1. The highest BCUT2D eigenvalue weighted by molar-refractivity contribution is 7.89. The largest absolute Gasteiger partial charge is 0.364 e. The number of hydrogen-bond donors (Lipinski definition) is 2. The maximum absolute atomic E-state index is 12.7. The van der Waals surface area contributed by atoms with Crippen molar-refractivity contribution in [2.24, 2.45) is 24.4 Å². The van der Waals surface area contributed by atoms with Crippen LogP contribution in [0.3, 0.4) is 0 Å². The Labute approximate surface area is 124 Å². The standard InChI is InChI=1S/C13H22N4O3S/c1-16-8-10(6-12(16)13(15)18)21(19,20)17(2)11-5-3-4-9(11)7-14/h6,8-9,11H,3-5,7,14H2,1-2H3,(H2,15,18). The molecule has 0 aromatic carbocycles. The number of carbonyl (C=O) groups is 1. The van der Waals surface area contributed by atoms with Gasteiger partial charge in [0, 0.05) is 26.3 Å². The fraction of sp³-hybridized carbons (Fsp3) is 0.615. The summed E-state index contributed by atoms with van der Waals surface area (Å²) in [4.78, 5) is 11.3. The number of carbonyl (C=O) groups excluding carboxylic acids is 1. The van der Waals surface area contributed by atoms with E-state index in [0.29, 0.717) is 6.54 Å². The van der Waals surface area contributed by atoms with Gasteiger partial charge in [0.2, 0.25) is 10.0 Å². The summed E-state index contributed by atoms with van der Waals surface area (Å²) < 4.78 is 28.2. The lowest BCUT2D eigenvalue weighted by Gasteiger charge is -2.28. The van der Waals surface area contributed by atoms with Crippen LogP contribution in [-0.4, -0.2) is 42.8 Å². The quantitative estimate of drug-likeness (QED) is 0.788. The van der Waals surface area contributed by atoms with Gasteiger partial charge in [-0.15, -0.1) is 0 Å². The molecule has 118 valence electrons. The van der Waals surface area contributed by atoms with E-state index in [4.69, 9.17) is 11.5 Å². The lowest BCUT2D eigenvalue weighted by atomic mass is 10.0. The van der Waals surface area contributed by atoms with Crippen molar-refractivity contribution in [3.05, 3.63) is 18.0 Å². The molecule has 1 fully saturated rings. The van der Waals surface area contributed by atoms with Gasteiger partial charge in [0.05, 0.1) is 0 Å². The number of primary amides is 1. The van der Waals surface area contributed by atoms with E-state index in [2.05, 4.69) is 0 Å². The van der Waals surface area contributed by atoms with Crippen LogP contribution < -0.4 is 11.5 Å². The molecule has 2 atom stereocenters. The average molecular weight is 314 g/mol. The van der Waals surface area contributed by atoms with Crippen molar-refractivity contribution < 1.29 is 13.2 Å². The van der Waals surface area contributed by atoms with Gasteiger partial charge in [-0.25, -0.2) is 8.42 Å². The molecule has 8 heteroatoms. The minimum absolute atomic E-state index is 0.0859. The van der Waals surface area contributed by atoms with Gasteiger partial charge in [0.15, 0.2) is 0 Å². The van der Waals surface area contributed by atoms with Crippen molar-refractivity contribution in [2.75, 3.05) is 13.6 Å². The minimum atomic E-state index is -3.65. The van der Waals surface area contributed by atoms with E-state index in [9.17, 15) is 13.2 Å². The average Bonchev–Trinajstić information content (AvgIpc) is 3.03. The molecule has 2 rings (SSSR count). The summed E-state index contributed by atoms with van der Waals surface area (Å²) in [5.74, 6) is -0.466. The highest BCUT2D eigenvalue weighted by Gasteiger charge is 2.36. The number of hydrogen-bond acceptors (Lipinski definition) is 4. The number of aryl methyl sites for hydroxylation is 1. The van der Waals surface area contributed by atoms with Crippen LogP contribution in [0.4, 0.5) is 0 Å². The van der Waals surface area contributed by atoms with Crippen LogP contribution in [0.25, 0.3) is 0 Å². The summed E-state index contributed by atoms with van der Waals surface area (Å²) in [5.41, 5.74) is 11.1. The summed E-state index contributed by atoms with van der Waals surface area (Å²) in [5, 5.41) is 0. The molecule has 1 aromatic heterocycles. The number of nitrogens with zero attached hydrogens (tertiary/aromatic N) is 2. The maximum Gasteiger partial charge on any atom is 0.265 e. The fourth-order valence-corrected chi connectivity index (χ4v) is 4.55. The van der Waals surface area contributed by atoms with Crippen molar-refractivity contribution in [1.29, 1.82) is 0 Å². The first kappa shape index (κ1) is 16.0. The molecule has 1 aromatic rings. The number of aromatic nitrogens is 1. The third-order valence-corrected chi connectivity index (χ3v) is 6.15. The van der Waals surface area contributed by atoms with Crippen molar-refractivity contribution in [3.63, 3.8) is 0 Å². The summed E-state index contributed by atoms with van der Waals surface area (Å²) in [6.07, 6.45) is 4.15. The first-order valence-electron chi connectivity index (χ1n) is 6.93. The summed E-state index contributed by atoms with van der Waals surface area (Å²) >= 11 is 0. The van der Waals surface area contributed by atoms with Crippen LogP contribution in [0.1, 0.15) is 29.8 Å². The van der Waals surface area contributed by atoms with Gasteiger partial charge in [-0.1, -0.05) is 6.42 Å². The zero-order chi connectivity index (χ0) is 15.8. The maximum atomic E-state index is 12.7. The molecule has 2 unspecified atom stereocenters. The molecule has 7 nitrogen and oxygen atoms in total. The van der Waals surface area contributed by atoms with Gasteiger partial charge in [-0.05, 0) is 31.4 Å². The Bertz CT molecular complexity index is 638. The molecule has 1 heterocycles. The normalized spacial score (nSPS) is 22.9. The first-order valence-corrected chi connectivity index (χ1v) is 8.37. The predicted molar refractivity (Wildman–Crippen MR) is 79.1 cm³/mol. The second-order valence-corrected chi connectivity index (χ2v) is 7.55. The van der Waals surface area contributed by atoms with Crippen LogP contribution >= 0.6 is 0 Å². The second-order valence-electron chi connectivity index (χ2n) is 5.55. The number of rotatable bonds is 5. The smallest absolute Gasteiger partial charge is 0.265 e. The van der Waals surface area contributed by atoms with E-state index in [0.717, 1.165) is 19.3 Å². The Morgan fingerprint density at radius 3 is 2.67 bits per heavy atom. The predicted octanol–water partition coefficient (Wildman–Crippen LogP) is -0.128. The van der Waals surface area contributed by atoms with E-state index in [-0.39, 0.29) is 22.5 Å². The first-order chi connectivity index (χ1) is 9.78. The molecule has 21 heavy (non-hydrogen) atoms. The van der Waals surface area contributed by atoms with Crippen LogP contribution in [0.5, 0.6) is 0 Å². The molecule has 0 saturated heterocycles. The lowest BCUT2D eigenvalue weighted by Crippen LogP contribution is -2.41. The Morgan fingerprint density at radius 1 is 1.48 bits per heavy atom. The molecule has 4 N–H and O–H groups in total. The van der Waals surface area contributed by atoms with Gasteiger partial charge < -0.3 is 16.0 Å². The topological polar surface area (TPSA) is 111 Å². The van der Waals surface area contributed by atoms with Crippen LogP contribution in [-0.2, 0) is 17.1 Å². The Balaban J connectivity index is 2.33. The van der Waals surface area contributed by atoms with Gasteiger partial charge in [0.1, 0.15) is 10.6 Å². The summed E-state index contributed by atoms with van der Waals surface area (Å²) in [6, 6.07) is 1.23. The van der Waals surface area contributed by atoms with E-state index < -0.39 is 15.9 Å². The summed E-state index contributed by atoms with van der Waals surface area (Å²) in [6.45, 7) is 0.478. The summed E-state index contributed by atoms with van der Waals surface area (Å²) in [7, 11) is -0.482.